The Kier molecular flexibility index (Phi) is 4.59. The molecule has 0 radical (unpaired) electrons. The monoisotopic (exact) mass is 317 g/mol. The van der Waals surface area contributed by atoms with Crippen LogP contribution in [0.4, 0.5) is 0 Å². The van der Waals surface area contributed by atoms with Crippen molar-refractivity contribution in [1.29, 1.82) is 0 Å². The number of rotatable bonds is 4. The second-order valence-electron chi connectivity index (χ2n) is 4.41. The van der Waals surface area contributed by atoms with E-state index in [0.717, 1.165) is 22.2 Å². The quantitative estimate of drug-likeness (QED) is 0.892. The van der Waals surface area contributed by atoms with Crippen LogP contribution < -0.4 is 5.32 Å². The van der Waals surface area contributed by atoms with Gasteiger partial charge in [0, 0.05) is 15.4 Å². The van der Waals surface area contributed by atoms with E-state index in [0.29, 0.717) is 6.04 Å². The minimum absolute atomic E-state index is 0.346. The Morgan fingerprint density at radius 1 is 1.47 bits per heavy atom. The summed E-state index contributed by atoms with van der Waals surface area (Å²) in [6, 6.07) is 1.67. The van der Waals surface area contributed by atoms with E-state index in [9.17, 15) is 9.90 Å². The minimum atomic E-state index is -0.793. The topological polar surface area (TPSA) is 49.3 Å². The van der Waals surface area contributed by atoms with Crippen molar-refractivity contribution in [2.45, 2.75) is 44.2 Å². The average Bonchev–Trinajstić information content (AvgIpc) is 2.73. The SMILES string of the molecule is O=C(O)C(NC1CCCCC1)c1sccc1Br. The summed E-state index contributed by atoms with van der Waals surface area (Å²) in [5, 5.41) is 14.5. The fourth-order valence-electron chi connectivity index (χ4n) is 2.28. The van der Waals surface area contributed by atoms with Crippen LogP contribution in [0.2, 0.25) is 0 Å². The number of carbonyl (C=O) groups is 1. The Morgan fingerprint density at radius 2 is 2.18 bits per heavy atom. The lowest BCUT2D eigenvalue weighted by Crippen LogP contribution is -2.38. The first-order valence-electron chi connectivity index (χ1n) is 5.90. The predicted molar refractivity (Wildman–Crippen MR) is 72.4 cm³/mol. The van der Waals surface area contributed by atoms with E-state index in [1.807, 2.05) is 11.4 Å². The molecule has 1 aliphatic carbocycles. The third-order valence-electron chi connectivity index (χ3n) is 3.16. The maximum atomic E-state index is 11.3. The van der Waals surface area contributed by atoms with Crippen LogP contribution in [0.1, 0.15) is 43.0 Å². The van der Waals surface area contributed by atoms with Gasteiger partial charge in [-0.15, -0.1) is 11.3 Å². The van der Waals surface area contributed by atoms with Crippen molar-refractivity contribution in [3.8, 4) is 0 Å². The van der Waals surface area contributed by atoms with Gasteiger partial charge in [0.25, 0.3) is 0 Å². The standard InChI is InChI=1S/C12H16BrNO2S/c13-9-6-7-17-11(9)10(12(15)16)14-8-4-2-1-3-5-8/h6-8,10,14H,1-5H2,(H,15,16). The number of carboxylic acids is 1. The molecule has 0 amide bonds. The van der Waals surface area contributed by atoms with Crippen molar-refractivity contribution in [2.24, 2.45) is 0 Å². The van der Waals surface area contributed by atoms with Gasteiger partial charge >= 0.3 is 5.97 Å². The Balaban J connectivity index is 2.07. The number of nitrogens with one attached hydrogen (secondary N) is 1. The van der Waals surface area contributed by atoms with Crippen LogP contribution >= 0.6 is 27.3 Å². The van der Waals surface area contributed by atoms with Gasteiger partial charge in [-0.2, -0.15) is 0 Å². The van der Waals surface area contributed by atoms with Gasteiger partial charge in [0.2, 0.25) is 0 Å². The molecule has 0 aliphatic heterocycles. The molecular weight excluding hydrogens is 302 g/mol. The van der Waals surface area contributed by atoms with Gasteiger partial charge in [-0.1, -0.05) is 19.3 Å². The van der Waals surface area contributed by atoms with Gasteiger partial charge in [0.05, 0.1) is 0 Å². The van der Waals surface area contributed by atoms with Crippen molar-refractivity contribution in [2.75, 3.05) is 0 Å². The molecule has 0 bridgehead atoms. The molecule has 94 valence electrons. The Labute approximate surface area is 113 Å². The molecule has 2 N–H and O–H groups in total. The summed E-state index contributed by atoms with van der Waals surface area (Å²) in [5.41, 5.74) is 0. The summed E-state index contributed by atoms with van der Waals surface area (Å²) in [6.45, 7) is 0. The zero-order chi connectivity index (χ0) is 12.3. The largest absolute Gasteiger partial charge is 0.480 e. The minimum Gasteiger partial charge on any atom is -0.480 e. The van der Waals surface area contributed by atoms with E-state index in [2.05, 4.69) is 21.2 Å². The highest BCUT2D eigenvalue weighted by atomic mass is 79.9. The van der Waals surface area contributed by atoms with Gasteiger partial charge in [-0.3, -0.25) is 10.1 Å². The van der Waals surface area contributed by atoms with Gasteiger partial charge in [0.1, 0.15) is 6.04 Å². The highest BCUT2D eigenvalue weighted by Crippen LogP contribution is 2.31. The number of hydrogen-bond acceptors (Lipinski definition) is 3. The van der Waals surface area contributed by atoms with E-state index >= 15 is 0 Å². The predicted octanol–water partition coefficient (Wildman–Crippen LogP) is 3.56. The average molecular weight is 318 g/mol. The van der Waals surface area contributed by atoms with Gasteiger partial charge < -0.3 is 5.11 Å². The zero-order valence-electron chi connectivity index (χ0n) is 9.49. The summed E-state index contributed by atoms with van der Waals surface area (Å²) in [4.78, 5) is 12.2. The summed E-state index contributed by atoms with van der Waals surface area (Å²) in [5.74, 6) is -0.793. The maximum Gasteiger partial charge on any atom is 0.326 e. The van der Waals surface area contributed by atoms with E-state index in [-0.39, 0.29) is 0 Å². The molecule has 1 unspecified atom stereocenters. The third-order valence-corrected chi connectivity index (χ3v) is 5.10. The van der Waals surface area contributed by atoms with Crippen molar-refractivity contribution in [3.63, 3.8) is 0 Å². The van der Waals surface area contributed by atoms with E-state index in [1.165, 1.54) is 30.6 Å². The lowest BCUT2D eigenvalue weighted by molar-refractivity contribution is -0.139. The van der Waals surface area contributed by atoms with E-state index in [4.69, 9.17) is 0 Å². The van der Waals surface area contributed by atoms with Crippen LogP contribution in [-0.2, 0) is 4.79 Å². The third kappa shape index (κ3) is 3.30. The molecule has 0 aromatic carbocycles. The van der Waals surface area contributed by atoms with Crippen molar-refractivity contribution >= 4 is 33.2 Å². The Morgan fingerprint density at radius 3 is 2.71 bits per heavy atom. The van der Waals surface area contributed by atoms with Crippen LogP contribution in [0.15, 0.2) is 15.9 Å². The highest BCUT2D eigenvalue weighted by molar-refractivity contribution is 9.10. The first kappa shape index (κ1) is 13.1. The lowest BCUT2D eigenvalue weighted by atomic mass is 9.95. The number of aliphatic carboxylic acids is 1. The normalized spacial score (nSPS) is 19.1. The second-order valence-corrected chi connectivity index (χ2v) is 6.21. The Hall–Kier alpha value is -0.390. The first-order valence-corrected chi connectivity index (χ1v) is 7.57. The van der Waals surface area contributed by atoms with Gasteiger partial charge in [-0.05, 0) is 40.2 Å². The number of halogens is 1. The van der Waals surface area contributed by atoms with Crippen LogP contribution in [0.5, 0.6) is 0 Å². The number of hydrogen-bond donors (Lipinski definition) is 2. The molecule has 1 heterocycles. The molecule has 0 spiro atoms. The summed E-state index contributed by atoms with van der Waals surface area (Å²) in [7, 11) is 0. The molecule has 1 fully saturated rings. The number of carboxylic acid groups (broad SMARTS) is 1. The molecular formula is C12H16BrNO2S. The summed E-state index contributed by atoms with van der Waals surface area (Å²) >= 11 is 4.89. The fourth-order valence-corrected chi connectivity index (χ4v) is 3.93. The van der Waals surface area contributed by atoms with E-state index < -0.39 is 12.0 Å². The first-order chi connectivity index (χ1) is 8.18. The molecule has 1 aliphatic rings. The molecule has 1 aromatic heterocycles. The van der Waals surface area contributed by atoms with Crippen molar-refractivity contribution in [3.05, 3.63) is 20.8 Å². The second kappa shape index (κ2) is 5.98. The molecule has 1 aromatic rings. The zero-order valence-corrected chi connectivity index (χ0v) is 11.9. The van der Waals surface area contributed by atoms with Gasteiger partial charge in [-0.25, -0.2) is 0 Å². The maximum absolute atomic E-state index is 11.3. The van der Waals surface area contributed by atoms with Crippen LogP contribution in [0.25, 0.3) is 0 Å². The summed E-state index contributed by atoms with van der Waals surface area (Å²) < 4.78 is 0.887. The Bertz CT molecular complexity index is 388. The number of thiophene rings is 1. The lowest BCUT2D eigenvalue weighted by Gasteiger charge is -2.26. The van der Waals surface area contributed by atoms with Crippen molar-refractivity contribution < 1.29 is 9.90 Å². The summed E-state index contributed by atoms with van der Waals surface area (Å²) in [6.07, 6.45) is 5.86. The van der Waals surface area contributed by atoms with E-state index in [1.54, 1.807) is 0 Å². The molecule has 17 heavy (non-hydrogen) atoms. The van der Waals surface area contributed by atoms with Gasteiger partial charge in [0.15, 0.2) is 0 Å². The fraction of sp³-hybridized carbons (Fsp3) is 0.583. The highest BCUT2D eigenvalue weighted by Gasteiger charge is 2.26. The van der Waals surface area contributed by atoms with Crippen molar-refractivity contribution in [1.82, 2.24) is 5.32 Å². The van der Waals surface area contributed by atoms with Crippen LogP contribution in [-0.4, -0.2) is 17.1 Å². The molecule has 2 rings (SSSR count). The molecule has 1 atom stereocenters. The molecule has 5 heteroatoms. The van der Waals surface area contributed by atoms with Crippen LogP contribution in [0, 0.1) is 0 Å². The van der Waals surface area contributed by atoms with Crippen LogP contribution in [0.3, 0.4) is 0 Å². The molecule has 0 saturated heterocycles. The smallest absolute Gasteiger partial charge is 0.326 e. The molecule has 3 nitrogen and oxygen atoms in total. The molecule has 1 saturated carbocycles.